The second-order valence-corrected chi connectivity index (χ2v) is 6.24. The van der Waals surface area contributed by atoms with Crippen LogP contribution in [0, 0.1) is 12.8 Å². The first-order chi connectivity index (χ1) is 11.1. The number of hydrogen-bond acceptors (Lipinski definition) is 5. The summed E-state index contributed by atoms with van der Waals surface area (Å²) < 4.78 is 6.88. The van der Waals surface area contributed by atoms with E-state index in [0.29, 0.717) is 23.9 Å². The standard InChI is InChI=1S/C16H23N5O2/c1-11-9-13(19-23-11)16(22)17-10-12-5-4-8-20(2)15(12)14-6-7-18-21(14)3/h6-7,9,12,15H,4-5,8,10H2,1-3H3,(H,17,22)/t12-,15+/m0/s1. The maximum Gasteiger partial charge on any atom is 0.273 e. The largest absolute Gasteiger partial charge is 0.361 e. The van der Waals surface area contributed by atoms with Crippen molar-refractivity contribution in [3.63, 3.8) is 0 Å². The molecule has 3 rings (SSSR count). The average molecular weight is 317 g/mol. The Hall–Kier alpha value is -2.15. The van der Waals surface area contributed by atoms with Gasteiger partial charge in [0.15, 0.2) is 5.69 Å². The maximum atomic E-state index is 12.2. The average Bonchev–Trinajstić information content (AvgIpc) is 3.13. The molecule has 2 atom stereocenters. The molecule has 2 aromatic heterocycles. The molecule has 1 fully saturated rings. The van der Waals surface area contributed by atoms with E-state index >= 15 is 0 Å². The van der Waals surface area contributed by atoms with Crippen molar-refractivity contribution >= 4 is 5.91 Å². The Morgan fingerprint density at radius 1 is 1.48 bits per heavy atom. The normalized spacial score (nSPS) is 22.2. The van der Waals surface area contributed by atoms with Gasteiger partial charge in [-0.3, -0.25) is 14.4 Å². The van der Waals surface area contributed by atoms with Crippen LogP contribution >= 0.6 is 0 Å². The number of aromatic nitrogens is 3. The Labute approximate surface area is 135 Å². The van der Waals surface area contributed by atoms with Crippen LogP contribution in [-0.2, 0) is 7.05 Å². The molecule has 7 nitrogen and oxygen atoms in total. The zero-order valence-corrected chi connectivity index (χ0v) is 13.8. The molecule has 1 saturated heterocycles. The molecule has 0 bridgehead atoms. The summed E-state index contributed by atoms with van der Waals surface area (Å²) in [7, 11) is 4.10. The number of likely N-dealkylation sites (tertiary alicyclic amines) is 1. The Morgan fingerprint density at radius 2 is 2.30 bits per heavy atom. The number of carbonyl (C=O) groups excluding carboxylic acids is 1. The lowest BCUT2D eigenvalue weighted by atomic mass is 9.87. The summed E-state index contributed by atoms with van der Waals surface area (Å²) in [5.41, 5.74) is 1.52. The van der Waals surface area contributed by atoms with Crippen LogP contribution in [0.4, 0.5) is 0 Å². The van der Waals surface area contributed by atoms with Gasteiger partial charge in [0.2, 0.25) is 0 Å². The van der Waals surface area contributed by atoms with Crippen molar-refractivity contribution < 1.29 is 9.32 Å². The van der Waals surface area contributed by atoms with Crippen LogP contribution in [0.3, 0.4) is 0 Å². The first kappa shape index (κ1) is 15.7. The third-order valence-electron chi connectivity index (χ3n) is 4.55. The molecule has 0 aromatic carbocycles. The first-order valence-corrected chi connectivity index (χ1v) is 7.96. The monoisotopic (exact) mass is 317 g/mol. The summed E-state index contributed by atoms with van der Waals surface area (Å²) >= 11 is 0. The molecule has 0 saturated carbocycles. The third-order valence-corrected chi connectivity index (χ3v) is 4.55. The van der Waals surface area contributed by atoms with Gasteiger partial charge in [0, 0.05) is 25.9 Å². The van der Waals surface area contributed by atoms with Crippen molar-refractivity contribution in [3.05, 3.63) is 35.5 Å². The van der Waals surface area contributed by atoms with E-state index in [1.807, 2.05) is 17.9 Å². The molecule has 0 aliphatic carbocycles. The fraction of sp³-hybridized carbons (Fsp3) is 0.562. The van der Waals surface area contributed by atoms with E-state index in [9.17, 15) is 4.79 Å². The predicted molar refractivity (Wildman–Crippen MR) is 84.9 cm³/mol. The summed E-state index contributed by atoms with van der Waals surface area (Å²) in [5, 5.41) is 11.0. The van der Waals surface area contributed by atoms with Gasteiger partial charge in [-0.2, -0.15) is 5.10 Å². The Kier molecular flexibility index (Phi) is 4.47. The third kappa shape index (κ3) is 3.29. The summed E-state index contributed by atoms with van der Waals surface area (Å²) in [6.45, 7) is 3.45. The number of amides is 1. The van der Waals surface area contributed by atoms with Gasteiger partial charge >= 0.3 is 0 Å². The molecule has 0 unspecified atom stereocenters. The number of rotatable bonds is 4. The van der Waals surface area contributed by atoms with Crippen LogP contribution in [-0.4, -0.2) is 45.9 Å². The lowest BCUT2D eigenvalue weighted by Gasteiger charge is -2.39. The molecule has 7 heteroatoms. The zero-order valence-electron chi connectivity index (χ0n) is 13.8. The van der Waals surface area contributed by atoms with E-state index < -0.39 is 0 Å². The molecular formula is C16H23N5O2. The van der Waals surface area contributed by atoms with E-state index in [4.69, 9.17) is 4.52 Å². The number of piperidine rings is 1. The molecule has 2 aromatic rings. The van der Waals surface area contributed by atoms with E-state index in [1.165, 1.54) is 5.69 Å². The molecule has 3 heterocycles. The highest BCUT2D eigenvalue weighted by Crippen LogP contribution is 2.34. The minimum absolute atomic E-state index is 0.182. The Balaban J connectivity index is 1.69. The minimum Gasteiger partial charge on any atom is -0.361 e. The lowest BCUT2D eigenvalue weighted by molar-refractivity contribution is 0.0872. The van der Waals surface area contributed by atoms with Gasteiger partial charge in [0.25, 0.3) is 5.91 Å². The Morgan fingerprint density at radius 3 is 2.96 bits per heavy atom. The topological polar surface area (TPSA) is 76.2 Å². The minimum atomic E-state index is -0.182. The summed E-state index contributed by atoms with van der Waals surface area (Å²) in [6.07, 6.45) is 4.04. The van der Waals surface area contributed by atoms with Gasteiger partial charge in [0.05, 0.1) is 11.7 Å². The van der Waals surface area contributed by atoms with Crippen molar-refractivity contribution in [1.29, 1.82) is 0 Å². The van der Waals surface area contributed by atoms with Crippen LogP contribution in [0.15, 0.2) is 22.9 Å². The molecule has 124 valence electrons. The molecule has 1 N–H and O–H groups in total. The smallest absolute Gasteiger partial charge is 0.273 e. The maximum absolute atomic E-state index is 12.2. The molecule has 1 aliphatic heterocycles. The highest BCUT2D eigenvalue weighted by atomic mass is 16.5. The quantitative estimate of drug-likeness (QED) is 0.925. The van der Waals surface area contributed by atoms with E-state index in [0.717, 1.165) is 19.4 Å². The van der Waals surface area contributed by atoms with Gasteiger partial charge in [-0.05, 0) is 45.3 Å². The zero-order chi connectivity index (χ0) is 16.4. The van der Waals surface area contributed by atoms with E-state index in [-0.39, 0.29) is 11.9 Å². The number of nitrogens with one attached hydrogen (secondary N) is 1. The fourth-order valence-corrected chi connectivity index (χ4v) is 3.40. The van der Waals surface area contributed by atoms with E-state index in [2.05, 4.69) is 33.6 Å². The predicted octanol–water partition coefficient (Wildman–Crippen LogP) is 1.53. The SMILES string of the molecule is Cc1cc(C(=O)NC[C@@H]2CCCN(C)[C@H]2c2ccnn2C)no1. The highest BCUT2D eigenvalue weighted by molar-refractivity contribution is 5.92. The summed E-state index contributed by atoms with van der Waals surface area (Å²) in [4.78, 5) is 14.5. The molecule has 1 amide bonds. The molecular weight excluding hydrogens is 294 g/mol. The van der Waals surface area contributed by atoms with Crippen molar-refractivity contribution in [1.82, 2.24) is 25.2 Å². The van der Waals surface area contributed by atoms with Crippen LogP contribution in [0.1, 0.15) is 40.8 Å². The van der Waals surface area contributed by atoms with Gasteiger partial charge in [-0.1, -0.05) is 5.16 Å². The van der Waals surface area contributed by atoms with Gasteiger partial charge < -0.3 is 9.84 Å². The Bertz CT molecular complexity index is 678. The lowest BCUT2D eigenvalue weighted by Crippen LogP contribution is -2.42. The van der Waals surface area contributed by atoms with Crippen molar-refractivity contribution in [2.45, 2.75) is 25.8 Å². The second kappa shape index (κ2) is 6.54. The van der Waals surface area contributed by atoms with Crippen LogP contribution < -0.4 is 5.32 Å². The molecule has 0 radical (unpaired) electrons. The van der Waals surface area contributed by atoms with Gasteiger partial charge in [0.1, 0.15) is 5.76 Å². The van der Waals surface area contributed by atoms with Crippen molar-refractivity contribution in [3.8, 4) is 0 Å². The van der Waals surface area contributed by atoms with Crippen LogP contribution in [0.5, 0.6) is 0 Å². The highest BCUT2D eigenvalue weighted by Gasteiger charge is 2.32. The van der Waals surface area contributed by atoms with E-state index in [1.54, 1.807) is 13.0 Å². The summed E-state index contributed by atoms with van der Waals surface area (Å²) in [6, 6.07) is 3.97. The molecule has 1 aliphatic rings. The summed E-state index contributed by atoms with van der Waals surface area (Å²) in [5.74, 6) is 0.806. The van der Waals surface area contributed by atoms with Gasteiger partial charge in [-0.25, -0.2) is 0 Å². The van der Waals surface area contributed by atoms with Crippen molar-refractivity contribution in [2.75, 3.05) is 20.1 Å². The number of hydrogen-bond donors (Lipinski definition) is 1. The van der Waals surface area contributed by atoms with Crippen molar-refractivity contribution in [2.24, 2.45) is 13.0 Å². The van der Waals surface area contributed by atoms with Crippen LogP contribution in [0.25, 0.3) is 0 Å². The first-order valence-electron chi connectivity index (χ1n) is 7.96. The molecule has 0 spiro atoms. The number of carbonyl (C=O) groups is 1. The fourth-order valence-electron chi connectivity index (χ4n) is 3.40. The van der Waals surface area contributed by atoms with Crippen LogP contribution in [0.2, 0.25) is 0 Å². The number of aryl methyl sites for hydroxylation is 2. The second-order valence-electron chi connectivity index (χ2n) is 6.24. The molecule has 23 heavy (non-hydrogen) atoms. The van der Waals surface area contributed by atoms with Gasteiger partial charge in [-0.15, -0.1) is 0 Å². The number of nitrogens with zero attached hydrogens (tertiary/aromatic N) is 4.